The fourth-order valence-electron chi connectivity index (χ4n) is 1.10. The molecule has 0 spiro atoms. The highest BCUT2D eigenvalue weighted by Gasteiger charge is 2.23. The molecule has 0 N–H and O–H groups in total. The molecule has 0 aliphatic rings. The van der Waals surface area contributed by atoms with Crippen molar-refractivity contribution < 1.29 is 18.1 Å². The van der Waals surface area contributed by atoms with Gasteiger partial charge in [0.25, 0.3) is 14.7 Å². The van der Waals surface area contributed by atoms with Gasteiger partial charge in [-0.3, -0.25) is 10.1 Å². The zero-order valence-electron chi connectivity index (χ0n) is 8.51. The number of hydrogen-bond acceptors (Lipinski definition) is 5. The van der Waals surface area contributed by atoms with Crippen LogP contribution in [-0.2, 0) is 9.05 Å². The average molecular weight is 300 g/mol. The summed E-state index contributed by atoms with van der Waals surface area (Å²) in [5.41, 5.74) is -0.461. The SMILES string of the molecule is CCOc1cc([N+](=O)[O-])cc(S(=O)(=O)Cl)c1Cl. The van der Waals surface area contributed by atoms with E-state index < -0.39 is 24.6 Å². The van der Waals surface area contributed by atoms with E-state index in [2.05, 4.69) is 0 Å². The summed E-state index contributed by atoms with van der Waals surface area (Å²) >= 11 is 5.74. The van der Waals surface area contributed by atoms with Gasteiger partial charge in [-0.1, -0.05) is 11.6 Å². The van der Waals surface area contributed by atoms with Gasteiger partial charge < -0.3 is 4.74 Å². The lowest BCUT2D eigenvalue weighted by Gasteiger charge is -2.08. The van der Waals surface area contributed by atoms with Gasteiger partial charge in [-0.15, -0.1) is 0 Å². The van der Waals surface area contributed by atoms with Crippen molar-refractivity contribution in [3.8, 4) is 5.75 Å². The summed E-state index contributed by atoms with van der Waals surface area (Å²) in [7, 11) is 0.948. The van der Waals surface area contributed by atoms with Crippen LogP contribution in [0.3, 0.4) is 0 Å². The van der Waals surface area contributed by atoms with E-state index in [1.807, 2.05) is 0 Å². The van der Waals surface area contributed by atoms with Crippen LogP contribution < -0.4 is 4.74 Å². The predicted molar refractivity (Wildman–Crippen MR) is 62.3 cm³/mol. The Morgan fingerprint density at radius 3 is 2.47 bits per heavy atom. The van der Waals surface area contributed by atoms with Crippen molar-refractivity contribution in [3.63, 3.8) is 0 Å². The van der Waals surface area contributed by atoms with Crippen LogP contribution in [0.4, 0.5) is 5.69 Å². The number of nitrogens with zero attached hydrogens (tertiary/aromatic N) is 1. The quantitative estimate of drug-likeness (QED) is 0.484. The monoisotopic (exact) mass is 299 g/mol. The van der Waals surface area contributed by atoms with Crippen LogP contribution in [0.5, 0.6) is 5.75 Å². The molecule has 6 nitrogen and oxygen atoms in total. The zero-order valence-corrected chi connectivity index (χ0v) is 10.8. The molecule has 0 aliphatic heterocycles. The average Bonchev–Trinajstić information content (AvgIpc) is 2.19. The molecule has 94 valence electrons. The number of rotatable bonds is 4. The smallest absolute Gasteiger partial charge is 0.274 e. The topological polar surface area (TPSA) is 86.5 Å². The summed E-state index contributed by atoms with van der Waals surface area (Å²) in [6.45, 7) is 1.81. The van der Waals surface area contributed by atoms with Crippen molar-refractivity contribution >= 4 is 37.0 Å². The summed E-state index contributed by atoms with van der Waals surface area (Å²) in [6.07, 6.45) is 0. The number of ether oxygens (including phenoxy) is 1. The molecule has 0 saturated carbocycles. The van der Waals surface area contributed by atoms with Crippen LogP contribution >= 0.6 is 22.3 Å². The number of non-ortho nitro benzene ring substituents is 1. The molecule has 0 unspecified atom stereocenters. The third-order valence-corrected chi connectivity index (χ3v) is 3.61. The van der Waals surface area contributed by atoms with E-state index in [4.69, 9.17) is 27.0 Å². The summed E-state index contributed by atoms with van der Waals surface area (Å²) in [4.78, 5) is 9.31. The predicted octanol–water partition coefficient (Wildman–Crippen LogP) is 2.57. The lowest BCUT2D eigenvalue weighted by atomic mass is 10.3. The zero-order chi connectivity index (χ0) is 13.2. The van der Waals surface area contributed by atoms with Gasteiger partial charge in [0, 0.05) is 16.7 Å². The first-order valence-electron chi connectivity index (χ1n) is 4.32. The molecule has 0 atom stereocenters. The largest absolute Gasteiger partial charge is 0.492 e. The van der Waals surface area contributed by atoms with Gasteiger partial charge >= 0.3 is 0 Å². The van der Waals surface area contributed by atoms with Crippen LogP contribution in [0.2, 0.25) is 5.02 Å². The molecule has 0 heterocycles. The third-order valence-electron chi connectivity index (χ3n) is 1.76. The standard InChI is InChI=1S/C8H7Cl2NO5S/c1-2-16-6-3-5(11(12)13)4-7(8(6)9)17(10,14)15/h3-4H,2H2,1H3. The number of benzene rings is 1. The van der Waals surface area contributed by atoms with Crippen LogP contribution in [-0.4, -0.2) is 19.9 Å². The van der Waals surface area contributed by atoms with E-state index in [1.54, 1.807) is 6.92 Å². The van der Waals surface area contributed by atoms with Crippen LogP contribution in [0.25, 0.3) is 0 Å². The Morgan fingerprint density at radius 1 is 1.47 bits per heavy atom. The second-order valence-corrected chi connectivity index (χ2v) is 5.80. The first-order valence-corrected chi connectivity index (χ1v) is 7.01. The molecule has 0 saturated heterocycles. The fraction of sp³-hybridized carbons (Fsp3) is 0.250. The summed E-state index contributed by atoms with van der Waals surface area (Å²) in [5, 5.41) is 10.3. The molecular weight excluding hydrogens is 293 g/mol. The molecule has 0 radical (unpaired) electrons. The Balaban J connectivity index is 3.54. The van der Waals surface area contributed by atoms with E-state index in [-0.39, 0.29) is 17.4 Å². The Kier molecular flexibility index (Phi) is 4.18. The van der Waals surface area contributed by atoms with Crippen molar-refractivity contribution in [1.29, 1.82) is 0 Å². The molecule has 0 amide bonds. The van der Waals surface area contributed by atoms with Crippen molar-refractivity contribution in [3.05, 3.63) is 27.3 Å². The number of hydrogen-bond donors (Lipinski definition) is 0. The molecule has 1 rings (SSSR count). The van der Waals surface area contributed by atoms with Gasteiger partial charge in [0.15, 0.2) is 0 Å². The maximum absolute atomic E-state index is 11.2. The lowest BCUT2D eigenvalue weighted by molar-refractivity contribution is -0.385. The van der Waals surface area contributed by atoms with Crippen molar-refractivity contribution in [2.45, 2.75) is 11.8 Å². The summed E-state index contributed by atoms with van der Waals surface area (Å²) in [5.74, 6) is -0.0948. The van der Waals surface area contributed by atoms with Crippen LogP contribution in [0.1, 0.15) is 6.92 Å². The maximum atomic E-state index is 11.2. The van der Waals surface area contributed by atoms with Crippen molar-refractivity contribution in [1.82, 2.24) is 0 Å². The van der Waals surface area contributed by atoms with E-state index in [9.17, 15) is 18.5 Å². The Labute approximate surface area is 107 Å². The summed E-state index contributed by atoms with van der Waals surface area (Å²) in [6, 6.07) is 1.82. The molecule has 0 fully saturated rings. The van der Waals surface area contributed by atoms with Crippen LogP contribution in [0, 0.1) is 10.1 Å². The minimum absolute atomic E-state index is 0.0948. The first-order chi connectivity index (χ1) is 7.77. The van der Waals surface area contributed by atoms with Gasteiger partial charge in [0.2, 0.25) is 0 Å². The van der Waals surface area contributed by atoms with Gasteiger partial charge in [-0.05, 0) is 6.92 Å². The van der Waals surface area contributed by atoms with E-state index in [0.29, 0.717) is 0 Å². The van der Waals surface area contributed by atoms with Gasteiger partial charge in [-0.2, -0.15) is 0 Å². The molecule has 1 aromatic rings. The van der Waals surface area contributed by atoms with E-state index in [0.717, 1.165) is 12.1 Å². The lowest BCUT2D eigenvalue weighted by Crippen LogP contribution is -2.00. The summed E-state index contributed by atoms with van der Waals surface area (Å²) < 4.78 is 27.4. The van der Waals surface area contributed by atoms with Gasteiger partial charge in [0.05, 0.1) is 17.6 Å². The first kappa shape index (κ1) is 14.0. The Morgan fingerprint density at radius 2 is 2.06 bits per heavy atom. The molecular formula is C8H7Cl2NO5S. The molecule has 9 heteroatoms. The highest BCUT2D eigenvalue weighted by atomic mass is 35.7. The highest BCUT2D eigenvalue weighted by Crippen LogP contribution is 2.37. The highest BCUT2D eigenvalue weighted by molar-refractivity contribution is 8.13. The van der Waals surface area contributed by atoms with Gasteiger partial charge in [0.1, 0.15) is 15.7 Å². The molecule has 17 heavy (non-hydrogen) atoms. The van der Waals surface area contributed by atoms with Crippen molar-refractivity contribution in [2.75, 3.05) is 6.61 Å². The van der Waals surface area contributed by atoms with E-state index >= 15 is 0 Å². The molecule has 0 aromatic heterocycles. The number of nitro benzene ring substituents is 1. The van der Waals surface area contributed by atoms with Crippen LogP contribution in [0.15, 0.2) is 17.0 Å². The van der Waals surface area contributed by atoms with E-state index in [1.165, 1.54) is 0 Å². The number of halogens is 2. The number of nitro groups is 1. The minimum Gasteiger partial charge on any atom is -0.492 e. The van der Waals surface area contributed by atoms with Gasteiger partial charge in [-0.25, -0.2) is 8.42 Å². The maximum Gasteiger partial charge on any atom is 0.274 e. The second kappa shape index (κ2) is 5.07. The minimum atomic E-state index is -4.17. The molecule has 0 bridgehead atoms. The van der Waals surface area contributed by atoms with Crippen molar-refractivity contribution in [2.24, 2.45) is 0 Å². The second-order valence-electron chi connectivity index (χ2n) is 2.88. The molecule has 0 aliphatic carbocycles. The fourth-order valence-corrected chi connectivity index (χ4v) is 2.63. The molecule has 1 aromatic carbocycles. The Hall–Kier alpha value is -1.05. The normalized spacial score (nSPS) is 11.2. The third kappa shape index (κ3) is 3.21. The Bertz CT molecular complexity index is 557.